The average Bonchev–Trinajstić information content (AvgIpc) is 3.59. The van der Waals surface area contributed by atoms with E-state index in [2.05, 4.69) is 0 Å². The summed E-state index contributed by atoms with van der Waals surface area (Å²) in [4.78, 5) is 61.8. The van der Waals surface area contributed by atoms with Gasteiger partial charge >= 0.3 is 0 Å². The molecule has 10 heteroatoms. The molecule has 4 amide bonds. The SMILES string of the molecule is Cc1ccc(N2C(=O)C3CC=C4C(CC5C(=O)N(c6cccc(Cl)c6)C(=O)C5(c5ccccc5)C4c4ccc(OCc5ccccc5)cc4O)C3C2=O)cc1Cl. The zero-order valence-corrected chi connectivity index (χ0v) is 31.8. The molecule has 0 radical (unpaired) electrons. The number of hydrogen-bond donors (Lipinski definition) is 1. The number of rotatable bonds is 7. The van der Waals surface area contributed by atoms with Crippen LogP contribution in [0.15, 0.2) is 133 Å². The van der Waals surface area contributed by atoms with E-state index in [1.807, 2.05) is 73.7 Å². The first-order valence-corrected chi connectivity index (χ1v) is 19.4. The van der Waals surface area contributed by atoms with E-state index < -0.39 is 46.8 Å². The topological polar surface area (TPSA) is 104 Å². The van der Waals surface area contributed by atoms with Gasteiger partial charge in [-0.25, -0.2) is 9.80 Å². The molecule has 5 aromatic rings. The van der Waals surface area contributed by atoms with Gasteiger partial charge in [0.05, 0.1) is 34.5 Å². The highest BCUT2D eigenvalue weighted by Gasteiger charge is 2.70. The number of hydrogen-bond acceptors (Lipinski definition) is 6. The number of ether oxygens (including phenoxy) is 1. The van der Waals surface area contributed by atoms with Crippen molar-refractivity contribution in [2.75, 3.05) is 9.80 Å². The fourth-order valence-corrected chi connectivity index (χ4v) is 10.0. The molecule has 9 rings (SSSR count). The summed E-state index contributed by atoms with van der Waals surface area (Å²) in [7, 11) is 0. The van der Waals surface area contributed by atoms with E-state index in [0.717, 1.165) is 16.7 Å². The maximum absolute atomic E-state index is 15.5. The molecule has 280 valence electrons. The van der Waals surface area contributed by atoms with Crippen LogP contribution in [0.4, 0.5) is 11.4 Å². The Hall–Kier alpha value is -5.70. The summed E-state index contributed by atoms with van der Waals surface area (Å²) in [5.74, 6) is -5.26. The highest BCUT2D eigenvalue weighted by molar-refractivity contribution is 6.33. The molecule has 0 aromatic heterocycles. The molecule has 1 N–H and O–H groups in total. The lowest BCUT2D eigenvalue weighted by Crippen LogP contribution is -2.53. The van der Waals surface area contributed by atoms with E-state index in [4.69, 9.17) is 27.9 Å². The van der Waals surface area contributed by atoms with Gasteiger partial charge in [0.15, 0.2) is 0 Å². The van der Waals surface area contributed by atoms with Gasteiger partial charge in [0, 0.05) is 27.6 Å². The molecule has 8 nitrogen and oxygen atoms in total. The molecular weight excluding hydrogens is 747 g/mol. The van der Waals surface area contributed by atoms with Crippen molar-refractivity contribution in [1.82, 2.24) is 0 Å². The van der Waals surface area contributed by atoms with Crippen LogP contribution in [0.2, 0.25) is 10.0 Å². The van der Waals surface area contributed by atoms with Gasteiger partial charge in [0.1, 0.15) is 18.1 Å². The van der Waals surface area contributed by atoms with Crippen molar-refractivity contribution >= 4 is 58.2 Å². The largest absolute Gasteiger partial charge is 0.508 e. The lowest BCUT2D eigenvalue weighted by molar-refractivity contribution is -0.127. The van der Waals surface area contributed by atoms with Crippen molar-refractivity contribution in [1.29, 1.82) is 0 Å². The number of aromatic hydroxyl groups is 1. The first-order chi connectivity index (χ1) is 27.1. The van der Waals surface area contributed by atoms with E-state index in [1.165, 1.54) is 15.9 Å². The van der Waals surface area contributed by atoms with E-state index in [0.29, 0.717) is 38.3 Å². The minimum Gasteiger partial charge on any atom is -0.508 e. The second-order valence-electron chi connectivity index (χ2n) is 15.0. The zero-order valence-electron chi connectivity index (χ0n) is 30.3. The number of phenolic OH excluding ortho intramolecular Hbond substituents is 1. The maximum atomic E-state index is 15.5. The van der Waals surface area contributed by atoms with Crippen LogP contribution >= 0.6 is 23.2 Å². The number of nitrogens with zero attached hydrogens (tertiary/aromatic N) is 2. The molecule has 6 unspecified atom stereocenters. The first kappa shape index (κ1) is 36.0. The van der Waals surface area contributed by atoms with Gasteiger partial charge < -0.3 is 9.84 Å². The quantitative estimate of drug-likeness (QED) is 0.131. The Balaban J connectivity index is 1.22. The first-order valence-electron chi connectivity index (χ1n) is 18.6. The molecule has 56 heavy (non-hydrogen) atoms. The Labute approximate surface area is 333 Å². The zero-order chi connectivity index (χ0) is 38.9. The minimum absolute atomic E-state index is 0.121. The van der Waals surface area contributed by atoms with Gasteiger partial charge in [-0.2, -0.15) is 0 Å². The second kappa shape index (κ2) is 13.8. The summed E-state index contributed by atoms with van der Waals surface area (Å²) in [5, 5.41) is 12.8. The number of carbonyl (C=O) groups excluding carboxylic acids is 4. The van der Waals surface area contributed by atoms with Crippen LogP contribution < -0.4 is 14.5 Å². The van der Waals surface area contributed by atoms with E-state index in [1.54, 1.807) is 54.6 Å². The van der Waals surface area contributed by atoms with Crippen molar-refractivity contribution in [2.24, 2.45) is 23.7 Å². The molecule has 2 aliphatic carbocycles. The standard InChI is InChI=1S/C46H36Cl2N2O6/c1-26-15-16-31(22-38(26)48)49-42(52)35-20-19-33-36(40(35)44(49)54)24-37-43(53)50(30-14-8-13-29(47)21-30)45(55)46(37,28-11-6-3-7-12-28)41(33)34-18-17-32(23-39(34)51)56-25-27-9-4-2-5-10-27/h2-19,21-23,35-37,40-41,51H,20,24-25H2,1H3. The third-order valence-electron chi connectivity index (χ3n) is 12.1. The van der Waals surface area contributed by atoms with Crippen molar-refractivity contribution < 1.29 is 29.0 Å². The molecule has 4 aliphatic rings. The molecule has 3 fully saturated rings. The van der Waals surface area contributed by atoms with Gasteiger partial charge in [0.2, 0.25) is 23.6 Å². The Bertz CT molecular complexity index is 2470. The summed E-state index contributed by atoms with van der Waals surface area (Å²) in [6, 6.07) is 35.7. The van der Waals surface area contributed by atoms with Crippen molar-refractivity contribution in [3.05, 3.63) is 165 Å². The van der Waals surface area contributed by atoms with E-state index in [9.17, 15) is 14.7 Å². The number of allylic oxidation sites excluding steroid dienone is 2. The molecular formula is C46H36Cl2N2O6. The van der Waals surface area contributed by atoms with E-state index in [-0.39, 0.29) is 37.0 Å². The lowest BCUT2D eigenvalue weighted by Gasteiger charge is -2.50. The Morgan fingerprint density at radius 1 is 0.750 bits per heavy atom. The number of aryl methyl sites for hydroxylation is 1. The summed E-state index contributed by atoms with van der Waals surface area (Å²) < 4.78 is 6.08. The van der Waals surface area contributed by atoms with Crippen LogP contribution in [0.5, 0.6) is 11.5 Å². The van der Waals surface area contributed by atoms with Gasteiger partial charge in [-0.3, -0.25) is 19.2 Å². The lowest BCUT2D eigenvalue weighted by atomic mass is 9.49. The number of fused-ring (bicyclic) bond motifs is 4. The summed E-state index contributed by atoms with van der Waals surface area (Å²) in [6.07, 6.45) is 2.33. The number of imide groups is 2. The van der Waals surface area contributed by atoms with Crippen LogP contribution in [-0.4, -0.2) is 28.7 Å². The van der Waals surface area contributed by atoms with Gasteiger partial charge in [-0.15, -0.1) is 0 Å². The van der Waals surface area contributed by atoms with Crippen LogP contribution in [0, 0.1) is 30.6 Å². The molecule has 6 atom stereocenters. The van der Waals surface area contributed by atoms with Crippen LogP contribution in [-0.2, 0) is 31.2 Å². The Morgan fingerprint density at radius 3 is 2.20 bits per heavy atom. The van der Waals surface area contributed by atoms with Crippen molar-refractivity contribution in [2.45, 2.75) is 37.7 Å². The molecule has 2 aliphatic heterocycles. The van der Waals surface area contributed by atoms with Crippen molar-refractivity contribution in [3.8, 4) is 11.5 Å². The van der Waals surface area contributed by atoms with Crippen LogP contribution in [0.3, 0.4) is 0 Å². The predicted molar refractivity (Wildman–Crippen MR) is 214 cm³/mol. The number of halogens is 2. The molecule has 2 saturated heterocycles. The number of amides is 4. The molecule has 1 saturated carbocycles. The smallest absolute Gasteiger partial charge is 0.246 e. The summed E-state index contributed by atoms with van der Waals surface area (Å²) in [5.41, 5.74) is 2.70. The van der Waals surface area contributed by atoms with Crippen molar-refractivity contribution in [3.63, 3.8) is 0 Å². The third-order valence-corrected chi connectivity index (χ3v) is 12.8. The maximum Gasteiger partial charge on any atom is 0.246 e. The summed E-state index contributed by atoms with van der Waals surface area (Å²) >= 11 is 12.9. The molecule has 0 bridgehead atoms. The van der Waals surface area contributed by atoms with Gasteiger partial charge in [0.25, 0.3) is 0 Å². The highest BCUT2D eigenvalue weighted by Crippen LogP contribution is 2.65. The van der Waals surface area contributed by atoms with Crippen LogP contribution in [0.1, 0.15) is 41.0 Å². The number of phenols is 1. The number of anilines is 2. The summed E-state index contributed by atoms with van der Waals surface area (Å²) in [6.45, 7) is 2.12. The number of carbonyl (C=O) groups is 4. The predicted octanol–water partition coefficient (Wildman–Crippen LogP) is 8.95. The third kappa shape index (κ3) is 5.49. The molecule has 2 heterocycles. The Morgan fingerprint density at radius 2 is 1.48 bits per heavy atom. The second-order valence-corrected chi connectivity index (χ2v) is 15.9. The Kier molecular flexibility index (Phi) is 8.86. The fraction of sp³-hybridized carbons (Fsp3) is 0.217. The minimum atomic E-state index is -1.53. The normalized spacial score (nSPS) is 25.5. The monoisotopic (exact) mass is 782 g/mol. The van der Waals surface area contributed by atoms with Gasteiger partial charge in [-0.1, -0.05) is 114 Å². The van der Waals surface area contributed by atoms with Crippen LogP contribution in [0.25, 0.3) is 0 Å². The average molecular weight is 784 g/mol. The van der Waals surface area contributed by atoms with Gasteiger partial charge in [-0.05, 0) is 78.8 Å². The molecule has 5 aromatic carbocycles. The highest BCUT2D eigenvalue weighted by atomic mass is 35.5. The van der Waals surface area contributed by atoms with E-state index >= 15 is 9.59 Å². The fourth-order valence-electron chi connectivity index (χ4n) is 9.66. The molecule has 0 spiro atoms. The number of benzene rings is 5.